The van der Waals surface area contributed by atoms with Gasteiger partial charge in [-0.25, -0.2) is 4.79 Å². The number of aliphatic hydroxyl groups is 1. The van der Waals surface area contributed by atoms with Crippen molar-refractivity contribution in [3.8, 4) is 5.75 Å². The highest BCUT2D eigenvalue weighted by molar-refractivity contribution is 5.89. The number of ether oxygens (including phenoxy) is 3. The number of carbonyl (C=O) groups excluding carboxylic acids is 1. The highest BCUT2D eigenvalue weighted by Crippen LogP contribution is 2.26. The van der Waals surface area contributed by atoms with Gasteiger partial charge in [0.2, 0.25) is 0 Å². The summed E-state index contributed by atoms with van der Waals surface area (Å²) >= 11 is 0. The minimum absolute atomic E-state index is 0.0608. The summed E-state index contributed by atoms with van der Waals surface area (Å²) in [6.07, 6.45) is 1.70. The van der Waals surface area contributed by atoms with Gasteiger partial charge in [0.15, 0.2) is 6.29 Å². The second-order valence-corrected chi connectivity index (χ2v) is 7.80. The molecular weight excluding hydrogens is 392 g/mol. The molecule has 0 amide bonds. The van der Waals surface area contributed by atoms with Gasteiger partial charge in [-0.3, -0.25) is 4.79 Å². The van der Waals surface area contributed by atoms with Gasteiger partial charge in [-0.05, 0) is 51.0 Å². The molecule has 8 heteroatoms. The quantitative estimate of drug-likeness (QED) is 0.365. The SMILES string of the molecule is CC(CCCCCCC(=O)O)OC1OC(C)C(OC(=O)c2ccc(O)cc2)CC1O. The third kappa shape index (κ3) is 7.93. The number of aliphatic carboxylic acids is 1. The average Bonchev–Trinajstić information content (AvgIpc) is 2.68. The molecule has 1 aromatic rings. The molecule has 1 heterocycles. The van der Waals surface area contributed by atoms with Crippen molar-refractivity contribution in [2.24, 2.45) is 0 Å². The fourth-order valence-corrected chi connectivity index (χ4v) is 3.36. The van der Waals surface area contributed by atoms with Crippen molar-refractivity contribution in [2.45, 2.75) is 89.5 Å². The van der Waals surface area contributed by atoms with Crippen LogP contribution in [0.5, 0.6) is 5.75 Å². The van der Waals surface area contributed by atoms with Crippen LogP contribution in [-0.2, 0) is 19.0 Å². The van der Waals surface area contributed by atoms with Gasteiger partial charge in [0.25, 0.3) is 0 Å². The molecule has 5 unspecified atom stereocenters. The third-order valence-corrected chi connectivity index (χ3v) is 5.14. The summed E-state index contributed by atoms with van der Waals surface area (Å²) < 4.78 is 17.1. The van der Waals surface area contributed by atoms with Crippen LogP contribution in [0.4, 0.5) is 0 Å². The highest BCUT2D eigenvalue weighted by Gasteiger charge is 2.38. The van der Waals surface area contributed by atoms with E-state index in [0.29, 0.717) is 12.0 Å². The first-order chi connectivity index (χ1) is 14.3. The Bertz CT molecular complexity index is 674. The lowest BCUT2D eigenvalue weighted by Crippen LogP contribution is -2.49. The second-order valence-electron chi connectivity index (χ2n) is 7.80. The number of esters is 1. The molecule has 168 valence electrons. The van der Waals surface area contributed by atoms with Crippen LogP contribution in [0, 0.1) is 0 Å². The highest BCUT2D eigenvalue weighted by atomic mass is 16.7. The van der Waals surface area contributed by atoms with Crippen molar-refractivity contribution < 1.29 is 39.1 Å². The molecule has 0 saturated carbocycles. The smallest absolute Gasteiger partial charge is 0.338 e. The lowest BCUT2D eigenvalue weighted by atomic mass is 10.0. The first kappa shape index (κ1) is 24.1. The van der Waals surface area contributed by atoms with E-state index in [0.717, 1.165) is 25.7 Å². The Morgan fingerprint density at radius 3 is 2.50 bits per heavy atom. The molecule has 1 fully saturated rings. The minimum Gasteiger partial charge on any atom is -0.508 e. The van der Waals surface area contributed by atoms with Crippen LogP contribution in [0.2, 0.25) is 0 Å². The molecule has 0 spiro atoms. The fourth-order valence-electron chi connectivity index (χ4n) is 3.36. The van der Waals surface area contributed by atoms with E-state index in [1.54, 1.807) is 6.92 Å². The summed E-state index contributed by atoms with van der Waals surface area (Å²) in [5.41, 5.74) is 0.310. The molecule has 1 saturated heterocycles. The summed E-state index contributed by atoms with van der Waals surface area (Å²) in [5, 5.41) is 28.3. The maximum absolute atomic E-state index is 12.3. The van der Waals surface area contributed by atoms with E-state index in [-0.39, 0.29) is 24.7 Å². The molecular formula is C22H32O8. The van der Waals surface area contributed by atoms with Crippen LogP contribution in [0.1, 0.15) is 69.2 Å². The topological polar surface area (TPSA) is 123 Å². The molecule has 1 aliphatic heterocycles. The number of hydrogen-bond donors (Lipinski definition) is 3. The number of carboxylic acids is 1. The Morgan fingerprint density at radius 2 is 1.83 bits per heavy atom. The largest absolute Gasteiger partial charge is 0.508 e. The van der Waals surface area contributed by atoms with Crippen molar-refractivity contribution in [3.05, 3.63) is 29.8 Å². The number of carboxylic acid groups (broad SMARTS) is 1. The molecule has 0 aliphatic carbocycles. The van der Waals surface area contributed by atoms with E-state index in [1.165, 1.54) is 24.3 Å². The summed E-state index contributed by atoms with van der Waals surface area (Å²) in [6.45, 7) is 3.68. The Kier molecular flexibility index (Phi) is 9.55. The second kappa shape index (κ2) is 11.9. The van der Waals surface area contributed by atoms with E-state index in [4.69, 9.17) is 19.3 Å². The zero-order valence-electron chi connectivity index (χ0n) is 17.5. The predicted octanol–water partition coefficient (Wildman–Crippen LogP) is 3.24. The van der Waals surface area contributed by atoms with E-state index >= 15 is 0 Å². The molecule has 1 aliphatic rings. The maximum Gasteiger partial charge on any atom is 0.338 e. The van der Waals surface area contributed by atoms with Crippen molar-refractivity contribution in [2.75, 3.05) is 0 Å². The molecule has 1 aromatic carbocycles. The number of benzene rings is 1. The minimum atomic E-state index is -0.920. The summed E-state index contributed by atoms with van der Waals surface area (Å²) in [4.78, 5) is 22.8. The molecule has 0 aromatic heterocycles. The zero-order valence-corrected chi connectivity index (χ0v) is 17.5. The zero-order chi connectivity index (χ0) is 22.1. The van der Waals surface area contributed by atoms with Crippen molar-refractivity contribution in [3.63, 3.8) is 0 Å². The van der Waals surface area contributed by atoms with Crippen molar-refractivity contribution in [1.29, 1.82) is 0 Å². The van der Waals surface area contributed by atoms with E-state index in [9.17, 15) is 19.8 Å². The fraction of sp³-hybridized carbons (Fsp3) is 0.636. The van der Waals surface area contributed by atoms with Crippen LogP contribution in [-0.4, -0.2) is 58.0 Å². The van der Waals surface area contributed by atoms with Gasteiger partial charge < -0.3 is 29.5 Å². The number of unbranched alkanes of at least 4 members (excludes halogenated alkanes) is 3. The first-order valence-corrected chi connectivity index (χ1v) is 10.5. The maximum atomic E-state index is 12.3. The summed E-state index contributed by atoms with van der Waals surface area (Å²) in [5.74, 6) is -1.25. The molecule has 30 heavy (non-hydrogen) atoms. The first-order valence-electron chi connectivity index (χ1n) is 10.5. The molecule has 8 nitrogen and oxygen atoms in total. The standard InChI is InChI=1S/C22H32O8/c1-14(7-5-3-4-6-8-20(25)26)28-22-18(24)13-19(15(2)29-22)30-21(27)16-9-11-17(23)12-10-16/h9-12,14-15,18-19,22-24H,3-8,13H2,1-2H3,(H,25,26). The molecule has 0 radical (unpaired) electrons. The van der Waals surface area contributed by atoms with Gasteiger partial charge in [-0.15, -0.1) is 0 Å². The van der Waals surface area contributed by atoms with Crippen molar-refractivity contribution >= 4 is 11.9 Å². The normalized spacial score (nSPS) is 24.9. The predicted molar refractivity (Wildman–Crippen MR) is 108 cm³/mol. The van der Waals surface area contributed by atoms with Crippen LogP contribution in [0.25, 0.3) is 0 Å². The van der Waals surface area contributed by atoms with Crippen LogP contribution in [0.3, 0.4) is 0 Å². The number of phenols is 1. The molecule has 5 atom stereocenters. The Labute approximate surface area is 176 Å². The van der Waals surface area contributed by atoms with Gasteiger partial charge in [0.05, 0.1) is 17.8 Å². The van der Waals surface area contributed by atoms with Gasteiger partial charge in [0, 0.05) is 12.8 Å². The number of phenolic OH excluding ortho intramolecular Hbond substituents is 1. The van der Waals surface area contributed by atoms with E-state index in [1.807, 2.05) is 6.92 Å². The summed E-state index contributed by atoms with van der Waals surface area (Å²) in [7, 11) is 0. The lowest BCUT2D eigenvalue weighted by molar-refractivity contribution is -0.273. The number of rotatable bonds is 11. The van der Waals surface area contributed by atoms with E-state index < -0.39 is 36.5 Å². The number of aliphatic hydroxyl groups excluding tert-OH is 1. The van der Waals surface area contributed by atoms with Gasteiger partial charge in [0.1, 0.15) is 18.0 Å². The Hall–Kier alpha value is -2.16. The van der Waals surface area contributed by atoms with Crippen molar-refractivity contribution in [1.82, 2.24) is 0 Å². The molecule has 3 N–H and O–H groups in total. The van der Waals surface area contributed by atoms with E-state index in [2.05, 4.69) is 0 Å². The number of hydrogen-bond acceptors (Lipinski definition) is 7. The molecule has 0 bridgehead atoms. The monoisotopic (exact) mass is 424 g/mol. The lowest BCUT2D eigenvalue weighted by Gasteiger charge is -2.38. The Balaban J connectivity index is 1.72. The number of aromatic hydroxyl groups is 1. The summed E-state index contributed by atoms with van der Waals surface area (Å²) in [6, 6.07) is 5.75. The van der Waals surface area contributed by atoms with Crippen LogP contribution >= 0.6 is 0 Å². The number of carbonyl (C=O) groups is 2. The van der Waals surface area contributed by atoms with Crippen LogP contribution < -0.4 is 0 Å². The Morgan fingerprint density at radius 1 is 1.17 bits per heavy atom. The van der Waals surface area contributed by atoms with Gasteiger partial charge >= 0.3 is 11.9 Å². The molecule has 2 rings (SSSR count). The average molecular weight is 424 g/mol. The van der Waals surface area contributed by atoms with Gasteiger partial charge in [-0.1, -0.05) is 19.3 Å². The van der Waals surface area contributed by atoms with Gasteiger partial charge in [-0.2, -0.15) is 0 Å². The third-order valence-electron chi connectivity index (χ3n) is 5.14. The van der Waals surface area contributed by atoms with Crippen LogP contribution in [0.15, 0.2) is 24.3 Å².